The highest BCUT2D eigenvalue weighted by molar-refractivity contribution is 4.88. The molecule has 0 spiro atoms. The lowest BCUT2D eigenvalue weighted by Crippen LogP contribution is -2.59. The van der Waals surface area contributed by atoms with E-state index in [1.165, 1.54) is 83.5 Å². The van der Waals surface area contributed by atoms with Crippen molar-refractivity contribution >= 4 is 0 Å². The van der Waals surface area contributed by atoms with Gasteiger partial charge in [0.2, 0.25) is 0 Å². The molecular weight excluding hydrogens is 314 g/mol. The van der Waals surface area contributed by atoms with Crippen LogP contribution in [0.15, 0.2) is 30.6 Å². The molecule has 0 bridgehead atoms. The van der Waals surface area contributed by atoms with Gasteiger partial charge in [-0.15, -0.1) is 0 Å². The molecule has 0 aliphatic rings. The van der Waals surface area contributed by atoms with Gasteiger partial charge in [-0.05, 0) is 6.42 Å². The van der Waals surface area contributed by atoms with Crippen molar-refractivity contribution in [2.45, 2.75) is 124 Å². The van der Waals surface area contributed by atoms with Crippen LogP contribution in [0.2, 0.25) is 0 Å². The predicted octanol–water partition coefficient (Wildman–Crippen LogP) is 7.83. The van der Waals surface area contributed by atoms with Crippen LogP contribution in [-0.4, -0.2) is 0 Å². The van der Waals surface area contributed by atoms with E-state index in [0.717, 1.165) is 0 Å². The molecule has 0 amide bonds. The maximum atomic E-state index is 2.44. The van der Waals surface area contributed by atoms with E-state index in [9.17, 15) is 0 Å². The summed E-state index contributed by atoms with van der Waals surface area (Å²) in [6, 6.07) is 6.38. The van der Waals surface area contributed by atoms with Crippen LogP contribution in [0.4, 0.5) is 0 Å². The standard InChI is InChI=1S/C25H46N/c1-6-7-8-9-10-11-12-13-14-15-16-18-21-24(2,3)25(4,5)26-22-19-17-20-23-26/h17,19-20,22-23H,6-16,18,21H2,1-5H3/q+1. The SMILES string of the molecule is CCCCCCCCCCCCCCC(C)(C)C(C)(C)[n+]1ccccc1. The van der Waals surface area contributed by atoms with Crippen LogP contribution >= 0.6 is 0 Å². The Kier molecular flexibility index (Phi) is 11.2. The third kappa shape index (κ3) is 8.23. The van der Waals surface area contributed by atoms with Crippen molar-refractivity contribution in [3.8, 4) is 0 Å². The number of pyridine rings is 1. The van der Waals surface area contributed by atoms with Crippen LogP contribution < -0.4 is 4.57 Å². The topological polar surface area (TPSA) is 3.88 Å². The third-order valence-corrected chi connectivity index (χ3v) is 6.67. The minimum atomic E-state index is 0.145. The molecular formula is C25H46N+. The largest absolute Gasteiger partial charge is 0.200 e. The fourth-order valence-corrected chi connectivity index (χ4v) is 3.83. The molecule has 1 aromatic heterocycles. The zero-order valence-electron chi connectivity index (χ0n) is 18.5. The molecule has 1 rings (SSSR count). The van der Waals surface area contributed by atoms with Gasteiger partial charge in [0.1, 0.15) is 0 Å². The molecule has 0 aromatic carbocycles. The molecule has 150 valence electrons. The summed E-state index contributed by atoms with van der Waals surface area (Å²) in [7, 11) is 0. The molecule has 0 unspecified atom stereocenters. The van der Waals surface area contributed by atoms with Crippen LogP contribution in [0, 0.1) is 5.41 Å². The summed E-state index contributed by atoms with van der Waals surface area (Å²) >= 11 is 0. The number of rotatable bonds is 15. The van der Waals surface area contributed by atoms with Crippen molar-refractivity contribution in [2.75, 3.05) is 0 Å². The fraction of sp³-hybridized carbons (Fsp3) is 0.800. The van der Waals surface area contributed by atoms with Gasteiger partial charge in [-0.25, -0.2) is 0 Å². The van der Waals surface area contributed by atoms with Gasteiger partial charge in [-0.2, -0.15) is 4.57 Å². The highest BCUT2D eigenvalue weighted by Gasteiger charge is 2.44. The first kappa shape index (κ1) is 23.2. The van der Waals surface area contributed by atoms with E-state index in [0.29, 0.717) is 5.41 Å². The molecule has 0 radical (unpaired) electrons. The van der Waals surface area contributed by atoms with Crippen molar-refractivity contribution in [1.29, 1.82) is 0 Å². The number of hydrogen-bond donors (Lipinski definition) is 0. The summed E-state index contributed by atoms with van der Waals surface area (Å²) < 4.78 is 2.38. The monoisotopic (exact) mass is 360 g/mol. The normalized spacial score (nSPS) is 12.5. The van der Waals surface area contributed by atoms with E-state index in [1.54, 1.807) is 0 Å². The van der Waals surface area contributed by atoms with E-state index < -0.39 is 0 Å². The van der Waals surface area contributed by atoms with Crippen LogP contribution in [0.5, 0.6) is 0 Å². The summed E-state index contributed by atoms with van der Waals surface area (Å²) in [5.74, 6) is 0. The number of hydrogen-bond acceptors (Lipinski definition) is 0. The van der Waals surface area contributed by atoms with Crippen molar-refractivity contribution in [1.82, 2.24) is 0 Å². The third-order valence-electron chi connectivity index (χ3n) is 6.67. The van der Waals surface area contributed by atoms with E-state index >= 15 is 0 Å². The average Bonchev–Trinajstić information content (AvgIpc) is 2.63. The molecule has 1 heterocycles. The summed E-state index contributed by atoms with van der Waals surface area (Å²) in [4.78, 5) is 0. The van der Waals surface area contributed by atoms with Crippen LogP contribution in [0.1, 0.15) is 118 Å². The minimum absolute atomic E-state index is 0.145. The van der Waals surface area contributed by atoms with Gasteiger partial charge < -0.3 is 0 Å². The van der Waals surface area contributed by atoms with Crippen LogP contribution in [0.3, 0.4) is 0 Å². The molecule has 1 nitrogen and oxygen atoms in total. The molecule has 26 heavy (non-hydrogen) atoms. The smallest absolute Gasteiger partial charge is 0.169 e. The Hall–Kier alpha value is -0.850. The second-order valence-corrected chi connectivity index (χ2v) is 9.36. The lowest BCUT2D eigenvalue weighted by molar-refractivity contribution is -0.773. The van der Waals surface area contributed by atoms with Crippen LogP contribution in [-0.2, 0) is 5.54 Å². The Morgan fingerprint density at radius 1 is 0.577 bits per heavy atom. The number of nitrogens with zero attached hydrogens (tertiary/aromatic N) is 1. The highest BCUT2D eigenvalue weighted by atomic mass is 15.0. The number of unbranched alkanes of at least 4 members (excludes halogenated alkanes) is 11. The van der Waals surface area contributed by atoms with E-state index in [4.69, 9.17) is 0 Å². The Labute approximate surface area is 164 Å². The minimum Gasteiger partial charge on any atom is -0.200 e. The number of aromatic nitrogens is 1. The zero-order valence-corrected chi connectivity index (χ0v) is 18.5. The predicted molar refractivity (Wildman–Crippen MR) is 115 cm³/mol. The summed E-state index contributed by atoms with van der Waals surface area (Å²) in [6.07, 6.45) is 22.9. The van der Waals surface area contributed by atoms with Gasteiger partial charge in [0.15, 0.2) is 17.9 Å². The van der Waals surface area contributed by atoms with Crippen molar-refractivity contribution < 1.29 is 4.57 Å². The van der Waals surface area contributed by atoms with Gasteiger partial charge >= 0.3 is 0 Å². The van der Waals surface area contributed by atoms with Gasteiger partial charge in [0, 0.05) is 31.4 Å². The first-order valence-electron chi connectivity index (χ1n) is 11.4. The maximum Gasteiger partial charge on any atom is 0.169 e. The Bertz CT molecular complexity index is 446. The summed E-state index contributed by atoms with van der Waals surface area (Å²) in [5, 5.41) is 0. The Balaban J connectivity index is 2.11. The van der Waals surface area contributed by atoms with Gasteiger partial charge in [-0.3, -0.25) is 0 Å². The second kappa shape index (κ2) is 12.5. The second-order valence-electron chi connectivity index (χ2n) is 9.36. The molecule has 1 heteroatoms. The molecule has 1 aromatic rings. The maximum absolute atomic E-state index is 2.44. The van der Waals surface area contributed by atoms with Crippen LogP contribution in [0.25, 0.3) is 0 Å². The lowest BCUT2D eigenvalue weighted by atomic mass is 9.71. The van der Waals surface area contributed by atoms with Gasteiger partial charge in [-0.1, -0.05) is 104 Å². The van der Waals surface area contributed by atoms with E-state index in [-0.39, 0.29) is 5.54 Å². The molecule has 0 saturated carbocycles. The van der Waals surface area contributed by atoms with E-state index in [1.807, 2.05) is 0 Å². The summed E-state index contributed by atoms with van der Waals surface area (Å²) in [6.45, 7) is 11.9. The molecule has 0 aliphatic heterocycles. The fourth-order valence-electron chi connectivity index (χ4n) is 3.83. The Morgan fingerprint density at radius 2 is 1.00 bits per heavy atom. The zero-order chi connectivity index (χ0) is 19.3. The van der Waals surface area contributed by atoms with Gasteiger partial charge in [0.25, 0.3) is 0 Å². The van der Waals surface area contributed by atoms with Crippen molar-refractivity contribution in [3.05, 3.63) is 30.6 Å². The van der Waals surface area contributed by atoms with E-state index in [2.05, 4.69) is 69.8 Å². The first-order valence-corrected chi connectivity index (χ1v) is 11.4. The van der Waals surface area contributed by atoms with Crippen molar-refractivity contribution in [3.63, 3.8) is 0 Å². The molecule has 0 saturated heterocycles. The Morgan fingerprint density at radius 3 is 1.46 bits per heavy atom. The highest BCUT2D eigenvalue weighted by Crippen LogP contribution is 2.37. The molecule has 0 N–H and O–H groups in total. The molecule has 0 aliphatic carbocycles. The molecule has 0 atom stereocenters. The quantitative estimate of drug-likeness (QED) is 0.222. The van der Waals surface area contributed by atoms with Crippen molar-refractivity contribution in [2.24, 2.45) is 5.41 Å². The lowest BCUT2D eigenvalue weighted by Gasteiger charge is -2.36. The molecule has 0 fully saturated rings. The average molecular weight is 361 g/mol. The first-order chi connectivity index (χ1) is 12.4. The van der Waals surface area contributed by atoms with Gasteiger partial charge in [0.05, 0.1) is 0 Å². The summed E-state index contributed by atoms with van der Waals surface area (Å²) in [5.41, 5.74) is 0.448.